The highest BCUT2D eigenvalue weighted by molar-refractivity contribution is 6.34. The van der Waals surface area contributed by atoms with Gasteiger partial charge in [0, 0.05) is 12.4 Å². The van der Waals surface area contributed by atoms with E-state index in [1.807, 2.05) is 13.0 Å². The van der Waals surface area contributed by atoms with Gasteiger partial charge in [-0.05, 0) is 24.6 Å². The summed E-state index contributed by atoms with van der Waals surface area (Å²) in [6.07, 6.45) is 3.47. The molecule has 0 aromatic carbocycles. The van der Waals surface area contributed by atoms with E-state index in [2.05, 4.69) is 9.97 Å². The molecule has 0 aliphatic carbocycles. The fourth-order valence-corrected chi connectivity index (χ4v) is 1.30. The summed E-state index contributed by atoms with van der Waals surface area (Å²) < 4.78 is 0. The van der Waals surface area contributed by atoms with Gasteiger partial charge in [0.15, 0.2) is 0 Å². The lowest BCUT2D eigenvalue weighted by Crippen LogP contribution is -1.84. The van der Waals surface area contributed by atoms with Gasteiger partial charge in [-0.15, -0.1) is 0 Å². The SMILES string of the molecule is Cc1cnc2c(Cl)ccnc2c1. The summed E-state index contributed by atoms with van der Waals surface area (Å²) in [5.74, 6) is 0. The van der Waals surface area contributed by atoms with E-state index in [4.69, 9.17) is 11.6 Å². The second kappa shape index (κ2) is 2.72. The van der Waals surface area contributed by atoms with Crippen molar-refractivity contribution in [3.8, 4) is 0 Å². The molecule has 2 rings (SSSR count). The predicted octanol–water partition coefficient (Wildman–Crippen LogP) is 2.59. The fourth-order valence-electron chi connectivity index (χ4n) is 1.10. The normalized spacial score (nSPS) is 10.5. The van der Waals surface area contributed by atoms with Crippen molar-refractivity contribution in [2.24, 2.45) is 0 Å². The molecule has 0 radical (unpaired) electrons. The number of rotatable bonds is 0. The second-order valence-corrected chi connectivity index (χ2v) is 3.08. The molecule has 0 fully saturated rings. The minimum Gasteiger partial charge on any atom is -0.254 e. The predicted molar refractivity (Wildman–Crippen MR) is 49.3 cm³/mol. The lowest BCUT2D eigenvalue weighted by atomic mass is 10.2. The number of halogens is 1. The van der Waals surface area contributed by atoms with Crippen LogP contribution in [0.25, 0.3) is 11.0 Å². The Morgan fingerprint density at radius 2 is 2.17 bits per heavy atom. The first-order valence-corrected chi connectivity index (χ1v) is 4.02. The Kier molecular flexibility index (Phi) is 1.70. The average Bonchev–Trinajstić information content (AvgIpc) is 2.04. The minimum absolute atomic E-state index is 0.653. The summed E-state index contributed by atoms with van der Waals surface area (Å²) in [7, 11) is 0. The Morgan fingerprint density at radius 3 is 3.00 bits per heavy atom. The van der Waals surface area contributed by atoms with Gasteiger partial charge in [-0.3, -0.25) is 9.97 Å². The third-order valence-electron chi connectivity index (χ3n) is 1.66. The van der Waals surface area contributed by atoms with Crippen molar-refractivity contribution in [1.29, 1.82) is 0 Å². The molecule has 0 saturated heterocycles. The van der Waals surface area contributed by atoms with E-state index in [1.54, 1.807) is 18.5 Å². The largest absolute Gasteiger partial charge is 0.254 e. The molecule has 2 aromatic heterocycles. The maximum atomic E-state index is 5.91. The Bertz CT molecular complexity index is 426. The molecule has 0 atom stereocenters. The van der Waals surface area contributed by atoms with Crippen molar-refractivity contribution in [3.63, 3.8) is 0 Å². The van der Waals surface area contributed by atoms with Crippen LogP contribution in [-0.2, 0) is 0 Å². The van der Waals surface area contributed by atoms with Crippen molar-refractivity contribution < 1.29 is 0 Å². The maximum absolute atomic E-state index is 5.91. The van der Waals surface area contributed by atoms with E-state index < -0.39 is 0 Å². The molecule has 0 aliphatic rings. The number of pyridine rings is 2. The summed E-state index contributed by atoms with van der Waals surface area (Å²) in [4.78, 5) is 8.34. The van der Waals surface area contributed by atoms with Gasteiger partial charge in [0.1, 0.15) is 5.52 Å². The van der Waals surface area contributed by atoms with Crippen molar-refractivity contribution in [2.75, 3.05) is 0 Å². The van der Waals surface area contributed by atoms with E-state index in [9.17, 15) is 0 Å². The number of nitrogens with zero attached hydrogens (tertiary/aromatic N) is 2. The van der Waals surface area contributed by atoms with Gasteiger partial charge < -0.3 is 0 Å². The number of aryl methyl sites for hydroxylation is 1. The fraction of sp³-hybridized carbons (Fsp3) is 0.111. The van der Waals surface area contributed by atoms with Crippen LogP contribution < -0.4 is 0 Å². The quantitative estimate of drug-likeness (QED) is 0.620. The molecule has 60 valence electrons. The lowest BCUT2D eigenvalue weighted by molar-refractivity contribution is 1.29. The molecule has 0 unspecified atom stereocenters. The van der Waals surface area contributed by atoms with E-state index >= 15 is 0 Å². The summed E-state index contributed by atoms with van der Waals surface area (Å²) in [5.41, 5.74) is 2.71. The maximum Gasteiger partial charge on any atom is 0.107 e. The van der Waals surface area contributed by atoms with Gasteiger partial charge >= 0.3 is 0 Å². The van der Waals surface area contributed by atoms with Crippen LogP contribution in [0.2, 0.25) is 5.02 Å². The van der Waals surface area contributed by atoms with Crippen LogP contribution in [0.15, 0.2) is 24.5 Å². The second-order valence-electron chi connectivity index (χ2n) is 2.67. The molecule has 3 heteroatoms. The topological polar surface area (TPSA) is 25.8 Å². The molecular formula is C9H7ClN2. The van der Waals surface area contributed by atoms with Gasteiger partial charge in [0.2, 0.25) is 0 Å². The van der Waals surface area contributed by atoms with Crippen LogP contribution >= 0.6 is 11.6 Å². The van der Waals surface area contributed by atoms with E-state index in [-0.39, 0.29) is 0 Å². The van der Waals surface area contributed by atoms with Gasteiger partial charge in [-0.1, -0.05) is 11.6 Å². The number of hydrogen-bond acceptors (Lipinski definition) is 2. The number of hydrogen-bond donors (Lipinski definition) is 0. The zero-order valence-corrected chi connectivity index (χ0v) is 7.34. The highest BCUT2D eigenvalue weighted by atomic mass is 35.5. The molecule has 0 N–H and O–H groups in total. The lowest BCUT2D eigenvalue weighted by Gasteiger charge is -1.98. The van der Waals surface area contributed by atoms with E-state index in [0.29, 0.717) is 5.02 Å². The summed E-state index contributed by atoms with van der Waals surface area (Å²) in [6, 6.07) is 3.71. The van der Waals surface area contributed by atoms with Crippen molar-refractivity contribution in [3.05, 3.63) is 35.1 Å². The summed E-state index contributed by atoms with van der Waals surface area (Å²) in [6.45, 7) is 1.98. The van der Waals surface area contributed by atoms with Gasteiger partial charge in [0.05, 0.1) is 10.5 Å². The van der Waals surface area contributed by atoms with Crippen LogP contribution in [0, 0.1) is 6.92 Å². The van der Waals surface area contributed by atoms with Crippen molar-refractivity contribution in [1.82, 2.24) is 9.97 Å². The molecule has 0 aliphatic heterocycles. The Labute approximate surface area is 75.2 Å². The molecule has 12 heavy (non-hydrogen) atoms. The molecule has 0 saturated carbocycles. The van der Waals surface area contributed by atoms with E-state index in [1.165, 1.54) is 0 Å². The van der Waals surface area contributed by atoms with Crippen LogP contribution in [0.4, 0.5) is 0 Å². The van der Waals surface area contributed by atoms with Crippen LogP contribution in [0.3, 0.4) is 0 Å². The average molecular weight is 179 g/mol. The standard InChI is InChI=1S/C9H7ClN2/c1-6-4-8-9(12-5-6)7(10)2-3-11-8/h2-5H,1H3. The summed E-state index contributed by atoms with van der Waals surface area (Å²) in [5, 5.41) is 0.653. The van der Waals surface area contributed by atoms with Gasteiger partial charge in [0.25, 0.3) is 0 Å². The van der Waals surface area contributed by atoms with Crippen LogP contribution in [-0.4, -0.2) is 9.97 Å². The first-order valence-electron chi connectivity index (χ1n) is 3.64. The molecule has 0 amide bonds. The van der Waals surface area contributed by atoms with Crippen molar-refractivity contribution >= 4 is 22.6 Å². The number of aromatic nitrogens is 2. The smallest absolute Gasteiger partial charge is 0.107 e. The first-order chi connectivity index (χ1) is 5.77. The van der Waals surface area contributed by atoms with Crippen LogP contribution in [0.5, 0.6) is 0 Å². The van der Waals surface area contributed by atoms with Crippen molar-refractivity contribution in [2.45, 2.75) is 6.92 Å². The molecule has 2 nitrogen and oxygen atoms in total. The molecule has 2 heterocycles. The van der Waals surface area contributed by atoms with Gasteiger partial charge in [-0.2, -0.15) is 0 Å². The Hall–Kier alpha value is -1.15. The highest BCUT2D eigenvalue weighted by Crippen LogP contribution is 2.18. The zero-order chi connectivity index (χ0) is 8.55. The highest BCUT2D eigenvalue weighted by Gasteiger charge is 1.99. The summed E-state index contributed by atoms with van der Waals surface area (Å²) >= 11 is 5.91. The third kappa shape index (κ3) is 1.14. The molecule has 2 aromatic rings. The zero-order valence-electron chi connectivity index (χ0n) is 6.58. The van der Waals surface area contributed by atoms with Gasteiger partial charge in [-0.25, -0.2) is 0 Å². The minimum atomic E-state index is 0.653. The molecule has 0 spiro atoms. The Morgan fingerprint density at radius 1 is 1.33 bits per heavy atom. The Balaban J connectivity index is 2.86. The monoisotopic (exact) mass is 178 g/mol. The van der Waals surface area contributed by atoms with Crippen LogP contribution in [0.1, 0.15) is 5.56 Å². The third-order valence-corrected chi connectivity index (χ3v) is 1.97. The van der Waals surface area contributed by atoms with E-state index in [0.717, 1.165) is 16.6 Å². The molecule has 0 bridgehead atoms. The number of fused-ring (bicyclic) bond motifs is 1. The first kappa shape index (κ1) is 7.50. The molecular weight excluding hydrogens is 172 g/mol.